The highest BCUT2D eigenvalue weighted by Crippen LogP contribution is 2.41. The molecule has 0 unspecified atom stereocenters. The Morgan fingerprint density at radius 1 is 1.16 bits per heavy atom. The number of carbonyl (C=O) groups is 2. The molecule has 0 atom stereocenters. The summed E-state index contributed by atoms with van der Waals surface area (Å²) in [5, 5.41) is 0. The molecule has 6 heteroatoms. The normalized spacial score (nSPS) is 14.0. The molecule has 1 heterocycles. The van der Waals surface area contributed by atoms with Crippen LogP contribution in [-0.2, 0) is 20.9 Å². The quantitative estimate of drug-likeness (QED) is 0.503. The summed E-state index contributed by atoms with van der Waals surface area (Å²) in [7, 11) is 2.93. The fourth-order valence-corrected chi connectivity index (χ4v) is 3.37. The summed E-state index contributed by atoms with van der Waals surface area (Å²) in [4.78, 5) is 25.6. The number of nitrogens with zero attached hydrogens (tertiary/aromatic N) is 1. The molecule has 0 saturated carbocycles. The number of carbonyl (C=O) groups excluding carboxylic acids is 2. The van der Waals surface area contributed by atoms with E-state index in [2.05, 4.69) is 4.74 Å². The minimum Gasteiger partial charge on any atom is -0.492 e. The molecule has 162 valence electrons. The summed E-state index contributed by atoms with van der Waals surface area (Å²) in [6, 6.07) is 11.3. The van der Waals surface area contributed by atoms with Gasteiger partial charge in [0.1, 0.15) is 5.60 Å². The van der Waals surface area contributed by atoms with Gasteiger partial charge in [0, 0.05) is 29.8 Å². The first kappa shape index (κ1) is 22.2. The predicted octanol–water partition coefficient (Wildman–Crippen LogP) is 4.62. The zero-order chi connectivity index (χ0) is 22.6. The molecule has 1 aliphatic heterocycles. The van der Waals surface area contributed by atoms with E-state index < -0.39 is 11.6 Å². The van der Waals surface area contributed by atoms with E-state index >= 15 is 0 Å². The molecule has 0 fully saturated rings. The van der Waals surface area contributed by atoms with Crippen molar-refractivity contribution in [1.82, 2.24) is 0 Å². The summed E-state index contributed by atoms with van der Waals surface area (Å²) in [5.41, 5.74) is 2.81. The lowest BCUT2D eigenvalue weighted by Gasteiger charge is -2.30. The van der Waals surface area contributed by atoms with Gasteiger partial charge < -0.3 is 19.1 Å². The monoisotopic (exact) mass is 421 g/mol. The van der Waals surface area contributed by atoms with Crippen molar-refractivity contribution >= 4 is 29.7 Å². The van der Waals surface area contributed by atoms with E-state index in [9.17, 15) is 9.59 Å². The number of ether oxygens (including phenoxy) is 3. The van der Waals surface area contributed by atoms with Crippen molar-refractivity contribution in [2.24, 2.45) is 0 Å². The molecule has 0 spiro atoms. The minimum absolute atomic E-state index is 0.116. The first-order valence-corrected chi connectivity index (χ1v) is 9.96. The molecule has 0 aromatic heterocycles. The van der Waals surface area contributed by atoms with Crippen molar-refractivity contribution in [3.8, 4) is 11.5 Å². The highest BCUT2D eigenvalue weighted by Gasteiger charge is 2.27. The second-order valence-corrected chi connectivity index (χ2v) is 7.77. The van der Waals surface area contributed by atoms with Crippen LogP contribution in [0.1, 0.15) is 37.5 Å². The van der Waals surface area contributed by atoms with Crippen molar-refractivity contribution in [1.29, 1.82) is 0 Å². The van der Waals surface area contributed by atoms with Gasteiger partial charge in [0.2, 0.25) is 5.91 Å². The molecule has 0 aliphatic carbocycles. The molecule has 31 heavy (non-hydrogen) atoms. The Balaban J connectivity index is 1.95. The van der Waals surface area contributed by atoms with Crippen LogP contribution in [0, 0.1) is 0 Å². The number of hydrogen-bond donors (Lipinski definition) is 0. The molecule has 2 aromatic rings. The predicted molar refractivity (Wildman–Crippen MR) is 121 cm³/mol. The zero-order valence-electron chi connectivity index (χ0n) is 18.5. The van der Waals surface area contributed by atoms with E-state index in [1.165, 1.54) is 20.1 Å². The third-order valence-electron chi connectivity index (χ3n) is 4.96. The minimum atomic E-state index is -0.445. The first-order valence-electron chi connectivity index (χ1n) is 9.96. The second-order valence-electron chi connectivity index (χ2n) is 7.77. The van der Waals surface area contributed by atoms with E-state index in [1.807, 2.05) is 62.4 Å². The number of esters is 1. The Bertz CT molecular complexity index is 1050. The van der Waals surface area contributed by atoms with E-state index in [0.717, 1.165) is 16.7 Å². The molecule has 0 N–H and O–H groups in total. The van der Waals surface area contributed by atoms with Crippen molar-refractivity contribution in [3.63, 3.8) is 0 Å². The van der Waals surface area contributed by atoms with Gasteiger partial charge in [0.15, 0.2) is 11.5 Å². The number of amides is 1. The van der Waals surface area contributed by atoms with Gasteiger partial charge in [0.25, 0.3) is 0 Å². The lowest BCUT2D eigenvalue weighted by atomic mass is 10.00. The molecule has 1 aliphatic rings. The van der Waals surface area contributed by atoms with Crippen LogP contribution in [0.15, 0.2) is 48.6 Å². The van der Waals surface area contributed by atoms with Crippen LogP contribution in [-0.4, -0.2) is 31.7 Å². The molecule has 1 amide bonds. The number of hydrogen-bond acceptors (Lipinski definition) is 5. The van der Waals surface area contributed by atoms with Gasteiger partial charge in [-0.2, -0.15) is 0 Å². The fourth-order valence-electron chi connectivity index (χ4n) is 3.37. The molecule has 6 nitrogen and oxygen atoms in total. The molecule has 2 aromatic carbocycles. The Morgan fingerprint density at radius 2 is 1.94 bits per heavy atom. The van der Waals surface area contributed by atoms with Gasteiger partial charge in [-0.25, -0.2) is 4.79 Å². The smallest absolute Gasteiger partial charge is 0.330 e. The summed E-state index contributed by atoms with van der Waals surface area (Å²) < 4.78 is 16.5. The topological polar surface area (TPSA) is 65.1 Å². The lowest BCUT2D eigenvalue weighted by Crippen LogP contribution is -2.29. The second kappa shape index (κ2) is 9.08. The Labute approximate surface area is 182 Å². The standard InChI is InChI=1S/C25H27NO5/c1-17(27)26(21-8-6-7-18(15-21)9-12-22(28)29-4)16-20-11-10-19-13-14-25(2,3)31-24(19)23(20)30-5/h6-15H,16H2,1-5H3/b12-9+. The number of methoxy groups -OCH3 is 2. The average molecular weight is 421 g/mol. The van der Waals surface area contributed by atoms with Crippen LogP contribution < -0.4 is 14.4 Å². The van der Waals surface area contributed by atoms with Crippen LogP contribution in [0.5, 0.6) is 11.5 Å². The van der Waals surface area contributed by atoms with E-state index in [4.69, 9.17) is 9.47 Å². The summed E-state index contributed by atoms with van der Waals surface area (Å²) in [5.74, 6) is 0.730. The van der Waals surface area contributed by atoms with Crippen molar-refractivity contribution in [2.75, 3.05) is 19.1 Å². The fraction of sp³-hybridized carbons (Fsp3) is 0.280. The van der Waals surface area contributed by atoms with E-state index in [0.29, 0.717) is 23.7 Å². The Kier molecular flexibility index (Phi) is 6.49. The van der Waals surface area contributed by atoms with E-state index in [1.54, 1.807) is 18.1 Å². The Morgan fingerprint density at radius 3 is 2.61 bits per heavy atom. The summed E-state index contributed by atoms with van der Waals surface area (Å²) in [6.45, 7) is 5.79. The van der Waals surface area contributed by atoms with Gasteiger partial charge in [-0.3, -0.25) is 4.79 Å². The lowest BCUT2D eigenvalue weighted by molar-refractivity contribution is -0.134. The van der Waals surface area contributed by atoms with Crippen LogP contribution in [0.3, 0.4) is 0 Å². The molecule has 0 saturated heterocycles. The maximum Gasteiger partial charge on any atom is 0.330 e. The highest BCUT2D eigenvalue weighted by atomic mass is 16.5. The van der Waals surface area contributed by atoms with Gasteiger partial charge >= 0.3 is 5.97 Å². The van der Waals surface area contributed by atoms with Crippen LogP contribution in [0.25, 0.3) is 12.2 Å². The number of anilines is 1. The van der Waals surface area contributed by atoms with Crippen LogP contribution in [0.4, 0.5) is 5.69 Å². The largest absolute Gasteiger partial charge is 0.492 e. The van der Waals surface area contributed by atoms with Gasteiger partial charge in [-0.1, -0.05) is 30.3 Å². The highest BCUT2D eigenvalue weighted by molar-refractivity contribution is 5.92. The molecule has 0 bridgehead atoms. The van der Waals surface area contributed by atoms with E-state index in [-0.39, 0.29) is 5.91 Å². The summed E-state index contributed by atoms with van der Waals surface area (Å²) in [6.07, 6.45) is 7.01. The molecular weight excluding hydrogens is 394 g/mol. The van der Waals surface area contributed by atoms with Crippen molar-refractivity contribution in [2.45, 2.75) is 32.9 Å². The van der Waals surface area contributed by atoms with Crippen LogP contribution in [0.2, 0.25) is 0 Å². The average Bonchev–Trinajstić information content (AvgIpc) is 2.74. The Hall–Kier alpha value is -3.54. The maximum atomic E-state index is 12.5. The van der Waals surface area contributed by atoms with Gasteiger partial charge in [-0.05, 0) is 43.7 Å². The zero-order valence-corrected chi connectivity index (χ0v) is 18.5. The molecular formula is C25H27NO5. The summed E-state index contributed by atoms with van der Waals surface area (Å²) >= 11 is 0. The third-order valence-corrected chi connectivity index (χ3v) is 4.96. The van der Waals surface area contributed by atoms with Crippen molar-refractivity contribution in [3.05, 3.63) is 65.2 Å². The number of benzene rings is 2. The third kappa shape index (κ3) is 5.15. The first-order chi connectivity index (χ1) is 14.7. The SMILES string of the molecule is COC(=O)/C=C/c1cccc(N(Cc2ccc3c(c2OC)OC(C)(C)C=C3)C(C)=O)c1. The number of rotatable bonds is 6. The van der Waals surface area contributed by atoms with Gasteiger partial charge in [-0.15, -0.1) is 0 Å². The molecule has 0 radical (unpaired) electrons. The van der Waals surface area contributed by atoms with Gasteiger partial charge in [0.05, 0.1) is 20.8 Å². The maximum absolute atomic E-state index is 12.5. The molecule has 3 rings (SSSR count). The van der Waals surface area contributed by atoms with Crippen molar-refractivity contribution < 1.29 is 23.8 Å². The number of fused-ring (bicyclic) bond motifs is 1. The van der Waals surface area contributed by atoms with Crippen LogP contribution >= 0.6 is 0 Å².